The van der Waals surface area contributed by atoms with Crippen molar-refractivity contribution in [3.8, 4) is 0 Å². The van der Waals surface area contributed by atoms with Gasteiger partial charge in [0.25, 0.3) is 0 Å². The highest BCUT2D eigenvalue weighted by molar-refractivity contribution is 5.25. The number of aryl methyl sites for hydroxylation is 1. The summed E-state index contributed by atoms with van der Waals surface area (Å²) >= 11 is 0. The third-order valence-electron chi connectivity index (χ3n) is 2.47. The van der Waals surface area contributed by atoms with E-state index in [1.807, 2.05) is 12.4 Å². The molecule has 0 saturated carbocycles. The fraction of sp³-hybridized carbons (Fsp3) is 0.750. The maximum absolute atomic E-state index is 5.04. The molecule has 16 heavy (non-hydrogen) atoms. The summed E-state index contributed by atoms with van der Waals surface area (Å²) in [6, 6.07) is 0. The topological polar surface area (TPSA) is 39.1 Å². The molecule has 1 aromatic heterocycles. The van der Waals surface area contributed by atoms with Crippen LogP contribution in [0.15, 0.2) is 12.4 Å². The zero-order valence-electron chi connectivity index (χ0n) is 10.6. The van der Waals surface area contributed by atoms with Crippen LogP contribution < -0.4 is 5.32 Å². The van der Waals surface area contributed by atoms with Crippen LogP contribution in [0.4, 0.5) is 5.95 Å². The fourth-order valence-corrected chi connectivity index (χ4v) is 1.51. The SMILES string of the molecule is COCCCn1ccnc1NCCC(C)C. The first-order valence-corrected chi connectivity index (χ1v) is 5.98. The van der Waals surface area contributed by atoms with Gasteiger partial charge in [-0.1, -0.05) is 13.8 Å². The molecule has 0 radical (unpaired) electrons. The van der Waals surface area contributed by atoms with Crippen molar-refractivity contribution in [2.24, 2.45) is 5.92 Å². The quantitative estimate of drug-likeness (QED) is 0.690. The van der Waals surface area contributed by atoms with Gasteiger partial charge in [0.1, 0.15) is 0 Å². The lowest BCUT2D eigenvalue weighted by molar-refractivity contribution is 0.190. The molecular formula is C12H23N3O. The van der Waals surface area contributed by atoms with Gasteiger partial charge in [-0.3, -0.25) is 0 Å². The number of rotatable bonds is 8. The third-order valence-corrected chi connectivity index (χ3v) is 2.47. The summed E-state index contributed by atoms with van der Waals surface area (Å²) in [7, 11) is 1.73. The first-order valence-electron chi connectivity index (χ1n) is 5.98. The van der Waals surface area contributed by atoms with Gasteiger partial charge in [0, 0.05) is 39.2 Å². The molecule has 0 spiro atoms. The molecule has 1 rings (SSSR count). The predicted octanol–water partition coefficient (Wildman–Crippen LogP) is 2.38. The Kier molecular flexibility index (Phi) is 5.93. The minimum Gasteiger partial charge on any atom is -0.385 e. The van der Waals surface area contributed by atoms with Crippen LogP contribution in [0.3, 0.4) is 0 Å². The van der Waals surface area contributed by atoms with E-state index in [9.17, 15) is 0 Å². The number of ether oxygens (including phenoxy) is 1. The van der Waals surface area contributed by atoms with Crippen LogP contribution in [0.5, 0.6) is 0 Å². The Bertz CT molecular complexity index is 284. The molecule has 0 amide bonds. The molecule has 0 aliphatic carbocycles. The summed E-state index contributed by atoms with van der Waals surface area (Å²) < 4.78 is 7.18. The van der Waals surface area contributed by atoms with E-state index >= 15 is 0 Å². The van der Waals surface area contributed by atoms with Crippen molar-refractivity contribution >= 4 is 5.95 Å². The van der Waals surface area contributed by atoms with Crippen LogP contribution >= 0.6 is 0 Å². The van der Waals surface area contributed by atoms with Crippen LogP contribution in [0, 0.1) is 5.92 Å². The van der Waals surface area contributed by atoms with Crippen molar-refractivity contribution in [2.75, 3.05) is 25.6 Å². The van der Waals surface area contributed by atoms with Gasteiger partial charge in [0.05, 0.1) is 0 Å². The van der Waals surface area contributed by atoms with Gasteiger partial charge >= 0.3 is 0 Å². The van der Waals surface area contributed by atoms with E-state index in [4.69, 9.17) is 4.74 Å². The van der Waals surface area contributed by atoms with Crippen LogP contribution in [-0.2, 0) is 11.3 Å². The molecule has 4 nitrogen and oxygen atoms in total. The van der Waals surface area contributed by atoms with E-state index in [0.29, 0.717) is 0 Å². The summed E-state index contributed by atoms with van der Waals surface area (Å²) in [6.07, 6.45) is 6.04. The molecule has 1 heterocycles. The van der Waals surface area contributed by atoms with E-state index in [0.717, 1.165) is 38.0 Å². The lowest BCUT2D eigenvalue weighted by atomic mass is 10.1. The van der Waals surface area contributed by atoms with Gasteiger partial charge in [0.15, 0.2) is 0 Å². The molecular weight excluding hydrogens is 202 g/mol. The third kappa shape index (κ3) is 4.66. The Labute approximate surface area is 98.0 Å². The van der Waals surface area contributed by atoms with Gasteiger partial charge in [-0.25, -0.2) is 4.98 Å². The van der Waals surface area contributed by atoms with Crippen LogP contribution in [0.25, 0.3) is 0 Å². The van der Waals surface area contributed by atoms with Crippen LogP contribution in [0.2, 0.25) is 0 Å². The summed E-state index contributed by atoms with van der Waals surface area (Å²) in [5.41, 5.74) is 0. The summed E-state index contributed by atoms with van der Waals surface area (Å²) in [5.74, 6) is 1.70. The van der Waals surface area contributed by atoms with Gasteiger partial charge in [-0.05, 0) is 18.8 Å². The minimum absolute atomic E-state index is 0.726. The van der Waals surface area contributed by atoms with E-state index in [-0.39, 0.29) is 0 Å². The van der Waals surface area contributed by atoms with Crippen LogP contribution in [-0.4, -0.2) is 29.8 Å². The molecule has 0 aromatic carbocycles. The zero-order valence-corrected chi connectivity index (χ0v) is 10.6. The monoisotopic (exact) mass is 225 g/mol. The number of hydrogen-bond donors (Lipinski definition) is 1. The number of methoxy groups -OCH3 is 1. The summed E-state index contributed by atoms with van der Waals surface area (Å²) in [6.45, 7) is 7.19. The van der Waals surface area contributed by atoms with Crippen molar-refractivity contribution in [1.29, 1.82) is 0 Å². The molecule has 0 aliphatic rings. The average molecular weight is 225 g/mol. The number of anilines is 1. The highest BCUT2D eigenvalue weighted by Crippen LogP contribution is 2.07. The molecule has 4 heteroatoms. The first-order chi connectivity index (χ1) is 7.74. The Morgan fingerprint density at radius 2 is 2.31 bits per heavy atom. The van der Waals surface area contributed by atoms with Crippen molar-refractivity contribution in [3.05, 3.63) is 12.4 Å². The average Bonchev–Trinajstić information content (AvgIpc) is 2.66. The molecule has 0 atom stereocenters. The second-order valence-corrected chi connectivity index (χ2v) is 4.40. The van der Waals surface area contributed by atoms with Crippen LogP contribution in [0.1, 0.15) is 26.7 Å². The highest BCUT2D eigenvalue weighted by atomic mass is 16.5. The molecule has 0 saturated heterocycles. The van der Waals surface area contributed by atoms with Crippen molar-refractivity contribution in [1.82, 2.24) is 9.55 Å². The number of nitrogens with one attached hydrogen (secondary N) is 1. The lowest BCUT2D eigenvalue weighted by Crippen LogP contribution is -2.11. The minimum atomic E-state index is 0.726. The van der Waals surface area contributed by atoms with Crippen molar-refractivity contribution < 1.29 is 4.74 Å². The summed E-state index contributed by atoms with van der Waals surface area (Å²) in [5, 5.41) is 3.36. The molecule has 0 bridgehead atoms. The number of imidazole rings is 1. The maximum atomic E-state index is 5.04. The molecule has 1 aromatic rings. The zero-order chi connectivity index (χ0) is 11.8. The van der Waals surface area contributed by atoms with Gasteiger partial charge in [-0.15, -0.1) is 0 Å². The number of aromatic nitrogens is 2. The van der Waals surface area contributed by atoms with Crippen molar-refractivity contribution in [2.45, 2.75) is 33.2 Å². The second kappa shape index (κ2) is 7.28. The normalized spacial score (nSPS) is 11.0. The molecule has 0 fully saturated rings. The maximum Gasteiger partial charge on any atom is 0.202 e. The highest BCUT2D eigenvalue weighted by Gasteiger charge is 2.01. The standard InChI is InChI=1S/C12H23N3O/c1-11(2)5-6-13-12-14-7-9-15(12)8-4-10-16-3/h7,9,11H,4-6,8,10H2,1-3H3,(H,13,14). The second-order valence-electron chi connectivity index (χ2n) is 4.40. The molecule has 0 unspecified atom stereocenters. The Hall–Kier alpha value is -1.03. The number of nitrogens with zero attached hydrogens (tertiary/aromatic N) is 2. The van der Waals surface area contributed by atoms with Gasteiger partial charge in [0.2, 0.25) is 5.95 Å². The predicted molar refractivity (Wildman–Crippen MR) is 66.7 cm³/mol. The fourth-order valence-electron chi connectivity index (χ4n) is 1.51. The molecule has 92 valence electrons. The van der Waals surface area contributed by atoms with Gasteiger partial charge in [-0.2, -0.15) is 0 Å². The Morgan fingerprint density at radius 1 is 1.50 bits per heavy atom. The Morgan fingerprint density at radius 3 is 3.00 bits per heavy atom. The van der Waals surface area contributed by atoms with E-state index < -0.39 is 0 Å². The summed E-state index contributed by atoms with van der Waals surface area (Å²) in [4.78, 5) is 4.30. The van der Waals surface area contributed by atoms with Gasteiger partial charge < -0.3 is 14.6 Å². The van der Waals surface area contributed by atoms with E-state index in [1.54, 1.807) is 7.11 Å². The first kappa shape index (κ1) is 13.0. The molecule has 1 N–H and O–H groups in total. The Balaban J connectivity index is 2.32. The van der Waals surface area contributed by atoms with E-state index in [2.05, 4.69) is 28.7 Å². The largest absolute Gasteiger partial charge is 0.385 e. The smallest absolute Gasteiger partial charge is 0.202 e. The van der Waals surface area contributed by atoms with E-state index in [1.165, 1.54) is 6.42 Å². The lowest BCUT2D eigenvalue weighted by Gasteiger charge is -2.10. The van der Waals surface area contributed by atoms with Crippen molar-refractivity contribution in [3.63, 3.8) is 0 Å². The molecule has 0 aliphatic heterocycles. The number of hydrogen-bond acceptors (Lipinski definition) is 3.